The Labute approximate surface area is 128 Å². The van der Waals surface area contributed by atoms with Crippen LogP contribution in [-0.4, -0.2) is 32.1 Å². The van der Waals surface area contributed by atoms with Crippen LogP contribution in [-0.2, 0) is 4.79 Å². The van der Waals surface area contributed by atoms with Crippen molar-refractivity contribution in [2.45, 2.75) is 12.8 Å². The van der Waals surface area contributed by atoms with Gasteiger partial charge in [-0.3, -0.25) is 4.79 Å². The van der Waals surface area contributed by atoms with E-state index in [4.69, 9.17) is 27.9 Å². The number of rotatable bonds is 5. The summed E-state index contributed by atoms with van der Waals surface area (Å²) in [6.45, 7) is 2.65. The van der Waals surface area contributed by atoms with Crippen molar-refractivity contribution in [3.05, 3.63) is 28.2 Å². The molecule has 1 amide bonds. The normalized spacial score (nSPS) is 18.6. The highest BCUT2D eigenvalue weighted by atomic mass is 35.5. The van der Waals surface area contributed by atoms with Crippen molar-refractivity contribution >= 4 is 29.1 Å². The SMILES string of the molecule is O=C(COc1cc(Cl)ccc1Cl)NCC1CCCNC1. The molecule has 1 unspecified atom stereocenters. The smallest absolute Gasteiger partial charge is 0.257 e. The van der Waals surface area contributed by atoms with Gasteiger partial charge in [0.25, 0.3) is 5.91 Å². The van der Waals surface area contributed by atoms with Crippen LogP contribution in [0.3, 0.4) is 0 Å². The van der Waals surface area contributed by atoms with Gasteiger partial charge in [-0.2, -0.15) is 0 Å². The number of halogens is 2. The predicted molar refractivity (Wildman–Crippen MR) is 80.6 cm³/mol. The molecule has 0 radical (unpaired) electrons. The van der Waals surface area contributed by atoms with Crippen molar-refractivity contribution in [2.75, 3.05) is 26.2 Å². The number of nitrogens with one attached hydrogen (secondary N) is 2. The molecule has 20 heavy (non-hydrogen) atoms. The highest BCUT2D eigenvalue weighted by Crippen LogP contribution is 2.27. The Kier molecular flexibility index (Phi) is 5.95. The maximum Gasteiger partial charge on any atom is 0.257 e. The molecule has 4 nitrogen and oxygen atoms in total. The number of piperidine rings is 1. The third kappa shape index (κ3) is 4.85. The minimum absolute atomic E-state index is 0.0553. The fourth-order valence-electron chi connectivity index (χ4n) is 2.14. The summed E-state index contributed by atoms with van der Waals surface area (Å²) in [6, 6.07) is 4.92. The molecule has 1 aromatic rings. The van der Waals surface area contributed by atoms with Crippen LogP contribution in [0.4, 0.5) is 0 Å². The molecule has 1 aliphatic heterocycles. The van der Waals surface area contributed by atoms with Crippen LogP contribution in [0.15, 0.2) is 18.2 Å². The summed E-state index contributed by atoms with van der Waals surface area (Å²) in [6.07, 6.45) is 2.31. The van der Waals surface area contributed by atoms with Crippen LogP contribution in [0.2, 0.25) is 10.0 Å². The molecule has 0 aliphatic carbocycles. The van der Waals surface area contributed by atoms with Crippen molar-refractivity contribution in [3.8, 4) is 5.75 Å². The van der Waals surface area contributed by atoms with Gasteiger partial charge in [0.05, 0.1) is 5.02 Å². The molecular formula is C14H18Cl2N2O2. The topological polar surface area (TPSA) is 50.4 Å². The molecule has 2 N–H and O–H groups in total. The molecule has 1 heterocycles. The summed E-state index contributed by atoms with van der Waals surface area (Å²) in [5, 5.41) is 7.16. The largest absolute Gasteiger partial charge is 0.482 e. The van der Waals surface area contributed by atoms with E-state index in [-0.39, 0.29) is 12.5 Å². The summed E-state index contributed by atoms with van der Waals surface area (Å²) in [5.41, 5.74) is 0. The van der Waals surface area contributed by atoms with Crippen molar-refractivity contribution in [1.29, 1.82) is 0 Å². The molecule has 6 heteroatoms. The summed E-state index contributed by atoms with van der Waals surface area (Å²) in [5.74, 6) is 0.780. The number of ether oxygens (including phenoxy) is 1. The molecule has 0 saturated carbocycles. The van der Waals surface area contributed by atoms with Crippen molar-refractivity contribution < 1.29 is 9.53 Å². The van der Waals surface area contributed by atoms with Crippen LogP contribution in [0.5, 0.6) is 5.75 Å². The Morgan fingerprint density at radius 3 is 3.05 bits per heavy atom. The highest BCUT2D eigenvalue weighted by Gasteiger charge is 2.14. The average Bonchev–Trinajstić information content (AvgIpc) is 2.47. The Morgan fingerprint density at radius 1 is 1.45 bits per heavy atom. The van der Waals surface area contributed by atoms with E-state index in [9.17, 15) is 4.79 Å². The lowest BCUT2D eigenvalue weighted by Crippen LogP contribution is -2.39. The zero-order valence-electron chi connectivity index (χ0n) is 11.1. The Bertz CT molecular complexity index is 462. The summed E-state index contributed by atoms with van der Waals surface area (Å²) in [7, 11) is 0. The molecule has 0 aromatic heterocycles. The van der Waals surface area contributed by atoms with E-state index in [1.54, 1.807) is 18.2 Å². The van der Waals surface area contributed by atoms with E-state index in [1.807, 2.05) is 0 Å². The maximum atomic E-state index is 11.7. The number of amides is 1. The quantitative estimate of drug-likeness (QED) is 0.877. The lowest BCUT2D eigenvalue weighted by atomic mass is 10.00. The van der Waals surface area contributed by atoms with Crippen LogP contribution in [0, 0.1) is 5.92 Å². The van der Waals surface area contributed by atoms with Crippen LogP contribution in [0.25, 0.3) is 0 Å². The Hall–Kier alpha value is -0.970. The van der Waals surface area contributed by atoms with Gasteiger partial charge in [-0.15, -0.1) is 0 Å². The monoisotopic (exact) mass is 316 g/mol. The van der Waals surface area contributed by atoms with Crippen molar-refractivity contribution in [2.24, 2.45) is 5.92 Å². The number of carbonyl (C=O) groups is 1. The Morgan fingerprint density at radius 2 is 2.30 bits per heavy atom. The lowest BCUT2D eigenvalue weighted by Gasteiger charge is -2.22. The predicted octanol–water partition coefficient (Wildman–Crippen LogP) is 2.49. The van der Waals surface area contributed by atoms with E-state index in [0.29, 0.717) is 28.3 Å². The van der Waals surface area contributed by atoms with Gasteiger partial charge in [0, 0.05) is 17.6 Å². The molecule has 110 valence electrons. The molecule has 0 bridgehead atoms. The van der Waals surface area contributed by atoms with Gasteiger partial charge in [-0.1, -0.05) is 23.2 Å². The minimum atomic E-state index is -0.147. The zero-order valence-corrected chi connectivity index (χ0v) is 12.6. The second-order valence-corrected chi connectivity index (χ2v) is 5.72. The first-order chi connectivity index (χ1) is 9.65. The lowest BCUT2D eigenvalue weighted by molar-refractivity contribution is -0.123. The second-order valence-electron chi connectivity index (χ2n) is 4.88. The number of hydrogen-bond acceptors (Lipinski definition) is 3. The van der Waals surface area contributed by atoms with E-state index in [2.05, 4.69) is 10.6 Å². The first kappa shape index (κ1) is 15.4. The van der Waals surface area contributed by atoms with Gasteiger partial charge in [0.15, 0.2) is 6.61 Å². The zero-order chi connectivity index (χ0) is 14.4. The van der Waals surface area contributed by atoms with Gasteiger partial charge in [0.1, 0.15) is 5.75 Å². The summed E-state index contributed by atoms with van der Waals surface area (Å²) < 4.78 is 5.38. The fourth-order valence-corrected chi connectivity index (χ4v) is 2.47. The van der Waals surface area contributed by atoms with Crippen LogP contribution in [0.1, 0.15) is 12.8 Å². The average molecular weight is 317 g/mol. The van der Waals surface area contributed by atoms with Gasteiger partial charge >= 0.3 is 0 Å². The van der Waals surface area contributed by atoms with Crippen LogP contribution >= 0.6 is 23.2 Å². The highest BCUT2D eigenvalue weighted by molar-refractivity contribution is 6.34. The van der Waals surface area contributed by atoms with Gasteiger partial charge < -0.3 is 15.4 Å². The number of benzene rings is 1. The first-order valence-corrected chi connectivity index (χ1v) is 7.46. The maximum absolute atomic E-state index is 11.7. The van der Waals surface area contributed by atoms with E-state index in [0.717, 1.165) is 25.9 Å². The summed E-state index contributed by atoms with van der Waals surface area (Å²) >= 11 is 11.8. The molecule has 2 rings (SSSR count). The Balaban J connectivity index is 1.73. The van der Waals surface area contributed by atoms with E-state index >= 15 is 0 Å². The van der Waals surface area contributed by atoms with Gasteiger partial charge in [-0.05, 0) is 44.0 Å². The third-order valence-corrected chi connectivity index (χ3v) is 3.79. The van der Waals surface area contributed by atoms with Crippen molar-refractivity contribution in [3.63, 3.8) is 0 Å². The molecular weight excluding hydrogens is 299 g/mol. The molecule has 1 aromatic carbocycles. The molecule has 1 atom stereocenters. The molecule has 1 aliphatic rings. The van der Waals surface area contributed by atoms with E-state index in [1.165, 1.54) is 0 Å². The van der Waals surface area contributed by atoms with Crippen molar-refractivity contribution in [1.82, 2.24) is 10.6 Å². The second kappa shape index (κ2) is 7.72. The first-order valence-electron chi connectivity index (χ1n) is 6.70. The number of hydrogen-bond donors (Lipinski definition) is 2. The third-order valence-electron chi connectivity index (χ3n) is 3.24. The van der Waals surface area contributed by atoms with Gasteiger partial charge in [-0.25, -0.2) is 0 Å². The minimum Gasteiger partial charge on any atom is -0.482 e. The standard InChI is InChI=1S/C14H18Cl2N2O2/c15-11-3-4-12(16)13(6-11)20-9-14(19)18-8-10-2-1-5-17-7-10/h3-4,6,10,17H,1-2,5,7-9H2,(H,18,19). The molecule has 1 fully saturated rings. The molecule has 0 spiro atoms. The van der Waals surface area contributed by atoms with Crippen LogP contribution < -0.4 is 15.4 Å². The summed E-state index contributed by atoms with van der Waals surface area (Å²) in [4.78, 5) is 11.7. The molecule has 1 saturated heterocycles. The van der Waals surface area contributed by atoms with Gasteiger partial charge in [0.2, 0.25) is 0 Å². The fraction of sp³-hybridized carbons (Fsp3) is 0.500. The van der Waals surface area contributed by atoms with E-state index < -0.39 is 0 Å². The number of carbonyl (C=O) groups excluding carboxylic acids is 1.